The molecule has 0 saturated carbocycles. The van der Waals surface area contributed by atoms with E-state index in [1.54, 1.807) is 0 Å². The average Bonchev–Trinajstić information content (AvgIpc) is 3.25. The lowest BCUT2D eigenvalue weighted by Crippen LogP contribution is -2.67. The van der Waals surface area contributed by atoms with Crippen molar-refractivity contribution in [3.63, 3.8) is 0 Å². The van der Waals surface area contributed by atoms with Crippen molar-refractivity contribution in [3.8, 4) is 23.7 Å². The summed E-state index contributed by atoms with van der Waals surface area (Å²) in [6.07, 6.45) is 4.11. The summed E-state index contributed by atoms with van der Waals surface area (Å²) in [6, 6.07) is 21.1. The van der Waals surface area contributed by atoms with E-state index in [4.69, 9.17) is 13.9 Å². The largest absolute Gasteiger partial charge is 0.405 e. The predicted octanol–water partition coefficient (Wildman–Crippen LogP) is 6.20. The topological polar surface area (TPSA) is 47.9 Å². The number of unbranched alkanes of at least 4 members (excludes halogenated alkanes) is 4. The summed E-state index contributed by atoms with van der Waals surface area (Å²) < 4.78 is 20.0. The van der Waals surface area contributed by atoms with Crippen LogP contribution < -0.4 is 10.4 Å². The molecule has 0 unspecified atom stereocenters. The summed E-state index contributed by atoms with van der Waals surface area (Å²) in [5, 5.41) is 14.1. The van der Waals surface area contributed by atoms with Gasteiger partial charge in [0.15, 0.2) is 5.79 Å². The Bertz CT molecular complexity index is 1110. The van der Waals surface area contributed by atoms with E-state index in [-0.39, 0.29) is 11.6 Å². The second-order valence-corrected chi connectivity index (χ2v) is 16.5. The van der Waals surface area contributed by atoms with Crippen LogP contribution in [0.25, 0.3) is 0 Å². The maximum Gasteiger partial charge on any atom is 0.261 e. The molecule has 2 aromatic rings. The van der Waals surface area contributed by atoms with Gasteiger partial charge in [0.1, 0.15) is 12.2 Å². The summed E-state index contributed by atoms with van der Waals surface area (Å²) in [7, 11) is -2.81. The van der Waals surface area contributed by atoms with Gasteiger partial charge in [0.2, 0.25) is 5.60 Å². The Morgan fingerprint density at radius 1 is 0.825 bits per heavy atom. The molecule has 4 nitrogen and oxygen atoms in total. The highest BCUT2D eigenvalue weighted by Crippen LogP contribution is 2.39. The van der Waals surface area contributed by atoms with E-state index in [9.17, 15) is 5.11 Å². The first-order valence-corrected chi connectivity index (χ1v) is 16.7. The van der Waals surface area contributed by atoms with E-state index in [2.05, 4.69) is 107 Å². The van der Waals surface area contributed by atoms with Gasteiger partial charge in [-0.25, -0.2) is 0 Å². The quantitative estimate of drug-likeness (QED) is 0.214. The van der Waals surface area contributed by atoms with Gasteiger partial charge in [-0.1, -0.05) is 132 Å². The van der Waals surface area contributed by atoms with Gasteiger partial charge in [-0.05, 0) is 42.1 Å². The third-order valence-corrected chi connectivity index (χ3v) is 12.3. The molecule has 0 bridgehead atoms. The van der Waals surface area contributed by atoms with Crippen molar-refractivity contribution in [1.82, 2.24) is 0 Å². The van der Waals surface area contributed by atoms with Crippen LogP contribution in [-0.2, 0) is 13.9 Å². The summed E-state index contributed by atoms with van der Waals surface area (Å²) in [5.74, 6) is 11.6. The standard InChI is InChI=1S/C35H48O4Si/c1-8-10-12-20-26-35(36,27-21-13-11-9-2)32-31(38-34(6,7)39-32)28-37-40(33(3,4)5,29-22-16-14-17-23-29)30-24-18-15-19-25-30/h14-19,22-25,31-32,36H,8-13,28H2,1-7H3/t31-,32+/m0/s1. The summed E-state index contributed by atoms with van der Waals surface area (Å²) >= 11 is 0. The van der Waals surface area contributed by atoms with Crippen molar-refractivity contribution in [1.29, 1.82) is 0 Å². The molecule has 216 valence electrons. The van der Waals surface area contributed by atoms with Crippen LogP contribution in [0, 0.1) is 23.7 Å². The Morgan fingerprint density at radius 3 is 1.73 bits per heavy atom. The smallest absolute Gasteiger partial charge is 0.261 e. The second kappa shape index (κ2) is 14.0. The molecule has 0 amide bonds. The van der Waals surface area contributed by atoms with Crippen LogP contribution in [-0.4, -0.2) is 43.6 Å². The first-order valence-electron chi connectivity index (χ1n) is 14.8. The lowest BCUT2D eigenvalue weighted by molar-refractivity contribution is -0.158. The fourth-order valence-electron chi connectivity index (χ4n) is 5.38. The molecule has 1 aliphatic rings. The van der Waals surface area contributed by atoms with Crippen molar-refractivity contribution in [3.05, 3.63) is 60.7 Å². The Hall–Kier alpha value is -2.38. The van der Waals surface area contributed by atoms with Crippen LogP contribution in [0.5, 0.6) is 0 Å². The van der Waals surface area contributed by atoms with Crippen LogP contribution in [0.15, 0.2) is 60.7 Å². The molecule has 0 spiro atoms. The SMILES string of the molecule is CCCCC#CC(O)(C#CCCCC)[C@@H]1OC(C)(C)O[C@H]1CO[Si](c1ccccc1)(c1ccccc1)C(C)(C)C. The number of ether oxygens (including phenoxy) is 2. The van der Waals surface area contributed by atoms with Gasteiger partial charge < -0.3 is 19.0 Å². The van der Waals surface area contributed by atoms with Crippen LogP contribution in [0.3, 0.4) is 0 Å². The van der Waals surface area contributed by atoms with Crippen LogP contribution in [0.4, 0.5) is 0 Å². The summed E-state index contributed by atoms with van der Waals surface area (Å²) in [5.41, 5.74) is -1.66. The Balaban J connectivity index is 2.04. The Kier molecular flexibility index (Phi) is 11.2. The van der Waals surface area contributed by atoms with Crippen molar-refractivity contribution in [2.75, 3.05) is 6.61 Å². The fourth-order valence-corrected chi connectivity index (χ4v) is 9.95. The Labute approximate surface area is 244 Å². The highest BCUT2D eigenvalue weighted by atomic mass is 28.4. The minimum atomic E-state index is -2.81. The molecule has 2 atom stereocenters. The molecule has 40 heavy (non-hydrogen) atoms. The molecule has 1 fully saturated rings. The maximum atomic E-state index is 11.9. The molecule has 5 heteroatoms. The number of benzene rings is 2. The van der Waals surface area contributed by atoms with E-state index in [1.165, 1.54) is 10.4 Å². The molecule has 0 aromatic heterocycles. The van der Waals surface area contributed by atoms with E-state index in [1.807, 2.05) is 26.0 Å². The molecule has 1 heterocycles. The van der Waals surface area contributed by atoms with Crippen LogP contribution >= 0.6 is 0 Å². The zero-order chi connectivity index (χ0) is 29.3. The Morgan fingerprint density at radius 2 is 1.30 bits per heavy atom. The van der Waals surface area contributed by atoms with Gasteiger partial charge in [-0.3, -0.25) is 0 Å². The lowest BCUT2D eigenvalue weighted by atomic mass is 9.93. The zero-order valence-corrected chi connectivity index (χ0v) is 26.5. The molecular weight excluding hydrogens is 512 g/mol. The van der Waals surface area contributed by atoms with Gasteiger partial charge in [0.25, 0.3) is 8.32 Å². The molecule has 2 aromatic carbocycles. The van der Waals surface area contributed by atoms with Crippen molar-refractivity contribution < 1.29 is 19.0 Å². The van der Waals surface area contributed by atoms with Crippen molar-refractivity contribution >= 4 is 18.7 Å². The fraction of sp³-hybridized carbons (Fsp3) is 0.543. The van der Waals surface area contributed by atoms with Crippen molar-refractivity contribution in [2.24, 2.45) is 0 Å². The minimum absolute atomic E-state index is 0.184. The predicted molar refractivity (Wildman–Crippen MR) is 167 cm³/mol. The van der Waals surface area contributed by atoms with Gasteiger partial charge in [-0.2, -0.15) is 0 Å². The first kappa shape index (κ1) is 32.1. The van der Waals surface area contributed by atoms with Crippen LogP contribution in [0.1, 0.15) is 87.0 Å². The average molecular weight is 561 g/mol. The summed E-state index contributed by atoms with van der Waals surface area (Å²) in [4.78, 5) is 0. The van der Waals surface area contributed by atoms with Gasteiger partial charge in [0, 0.05) is 12.8 Å². The van der Waals surface area contributed by atoms with Crippen molar-refractivity contribution in [2.45, 2.75) is 116 Å². The molecule has 3 rings (SSSR count). The third kappa shape index (κ3) is 7.67. The van der Waals surface area contributed by atoms with E-state index < -0.39 is 31.9 Å². The molecule has 0 aliphatic carbocycles. The first-order chi connectivity index (χ1) is 19.0. The minimum Gasteiger partial charge on any atom is -0.405 e. The summed E-state index contributed by atoms with van der Waals surface area (Å²) in [6.45, 7) is 15.0. The zero-order valence-electron chi connectivity index (χ0n) is 25.5. The second-order valence-electron chi connectivity index (χ2n) is 12.1. The van der Waals surface area contributed by atoms with E-state index >= 15 is 0 Å². The van der Waals surface area contributed by atoms with E-state index in [0.29, 0.717) is 12.8 Å². The molecule has 1 N–H and O–H groups in total. The number of rotatable bonds is 10. The molecule has 1 saturated heterocycles. The maximum absolute atomic E-state index is 11.9. The van der Waals surface area contributed by atoms with Gasteiger partial charge >= 0.3 is 0 Å². The molecule has 1 aliphatic heterocycles. The number of aliphatic hydroxyl groups is 1. The van der Waals surface area contributed by atoms with Crippen LogP contribution in [0.2, 0.25) is 5.04 Å². The normalized spacial score (nSPS) is 18.9. The van der Waals surface area contributed by atoms with Gasteiger partial charge in [0.05, 0.1) is 6.61 Å². The highest BCUT2D eigenvalue weighted by Gasteiger charge is 2.55. The van der Waals surface area contributed by atoms with E-state index in [0.717, 1.165) is 25.7 Å². The lowest BCUT2D eigenvalue weighted by Gasteiger charge is -2.43. The molecular formula is C35H48O4Si. The molecule has 0 radical (unpaired) electrons. The van der Waals surface area contributed by atoms with Gasteiger partial charge in [-0.15, -0.1) is 0 Å². The third-order valence-electron chi connectivity index (χ3n) is 7.34. The number of hydrogen-bond acceptors (Lipinski definition) is 4. The highest BCUT2D eigenvalue weighted by molar-refractivity contribution is 6.99. The number of hydrogen-bond donors (Lipinski definition) is 1. The monoisotopic (exact) mass is 560 g/mol.